The van der Waals surface area contributed by atoms with Crippen molar-refractivity contribution >= 4 is 36.4 Å². The zero-order valence-electron chi connectivity index (χ0n) is 15.7. The fraction of sp³-hybridized carbons (Fsp3) is 0.650. The molecule has 1 aromatic rings. The molecule has 4 nitrogen and oxygen atoms in total. The number of carbonyl (C=O) groups excluding carboxylic acids is 1. The molecule has 3 rings (SSSR count). The highest BCUT2D eigenvalue weighted by molar-refractivity contribution is 5.85. The molecular weight excluding hydrogens is 369 g/mol. The lowest BCUT2D eigenvalue weighted by Crippen LogP contribution is -2.43. The molecule has 1 aliphatic heterocycles. The number of carbonyl (C=O) groups is 1. The molecule has 3 atom stereocenters. The maximum absolute atomic E-state index is 12.3. The van der Waals surface area contributed by atoms with Crippen molar-refractivity contribution in [1.82, 2.24) is 10.6 Å². The van der Waals surface area contributed by atoms with Gasteiger partial charge in [0, 0.05) is 31.9 Å². The van der Waals surface area contributed by atoms with E-state index >= 15 is 0 Å². The van der Waals surface area contributed by atoms with Gasteiger partial charge in [0.1, 0.15) is 0 Å². The molecule has 2 aliphatic rings. The predicted molar refractivity (Wildman–Crippen MR) is 114 cm³/mol. The van der Waals surface area contributed by atoms with E-state index in [2.05, 4.69) is 46.8 Å². The van der Waals surface area contributed by atoms with E-state index in [1.807, 2.05) is 6.07 Å². The highest BCUT2D eigenvalue weighted by Crippen LogP contribution is 2.33. The fourth-order valence-electron chi connectivity index (χ4n) is 4.14. The number of hydrogen-bond acceptors (Lipinski definition) is 3. The van der Waals surface area contributed by atoms with E-state index < -0.39 is 0 Å². The van der Waals surface area contributed by atoms with Crippen LogP contribution in [0.2, 0.25) is 0 Å². The molecule has 3 unspecified atom stereocenters. The molecule has 1 amide bonds. The number of nitrogens with zero attached hydrogens (tertiary/aromatic N) is 1. The minimum absolute atomic E-state index is 0. The van der Waals surface area contributed by atoms with Crippen molar-refractivity contribution in [1.29, 1.82) is 0 Å². The van der Waals surface area contributed by atoms with Gasteiger partial charge < -0.3 is 15.5 Å². The first kappa shape index (κ1) is 23.1. The van der Waals surface area contributed by atoms with Crippen LogP contribution >= 0.6 is 24.8 Å². The van der Waals surface area contributed by atoms with Gasteiger partial charge >= 0.3 is 0 Å². The van der Waals surface area contributed by atoms with Gasteiger partial charge in [-0.2, -0.15) is 0 Å². The second-order valence-corrected chi connectivity index (χ2v) is 7.36. The van der Waals surface area contributed by atoms with Crippen LogP contribution < -0.4 is 15.5 Å². The van der Waals surface area contributed by atoms with Crippen molar-refractivity contribution in [3.05, 3.63) is 30.3 Å². The highest BCUT2D eigenvalue weighted by Gasteiger charge is 2.37. The van der Waals surface area contributed by atoms with E-state index in [1.54, 1.807) is 0 Å². The van der Waals surface area contributed by atoms with Gasteiger partial charge in [0.05, 0.1) is 6.04 Å². The zero-order valence-corrected chi connectivity index (χ0v) is 17.3. The predicted octanol–water partition coefficient (Wildman–Crippen LogP) is 3.78. The number of unbranched alkanes of at least 4 members (excludes halogenated alkanes) is 1. The Morgan fingerprint density at radius 1 is 1.15 bits per heavy atom. The molecule has 1 saturated carbocycles. The van der Waals surface area contributed by atoms with E-state index in [9.17, 15) is 4.79 Å². The summed E-state index contributed by atoms with van der Waals surface area (Å²) in [4.78, 5) is 14.6. The molecule has 2 fully saturated rings. The Kier molecular flexibility index (Phi) is 10.4. The van der Waals surface area contributed by atoms with Gasteiger partial charge in [0.25, 0.3) is 0 Å². The normalized spacial score (nSPS) is 24.0. The zero-order chi connectivity index (χ0) is 16.8. The molecule has 1 saturated heterocycles. The Morgan fingerprint density at radius 3 is 2.62 bits per heavy atom. The van der Waals surface area contributed by atoms with Crippen LogP contribution in [0, 0.1) is 5.92 Å². The molecule has 0 spiro atoms. The van der Waals surface area contributed by atoms with E-state index in [1.165, 1.54) is 31.4 Å². The maximum atomic E-state index is 12.3. The van der Waals surface area contributed by atoms with Crippen LogP contribution in [0.25, 0.3) is 0 Å². The molecule has 26 heavy (non-hydrogen) atoms. The Morgan fingerprint density at radius 2 is 1.88 bits per heavy atom. The van der Waals surface area contributed by atoms with Crippen molar-refractivity contribution in [2.45, 2.75) is 57.0 Å². The van der Waals surface area contributed by atoms with Crippen molar-refractivity contribution < 1.29 is 4.79 Å². The van der Waals surface area contributed by atoms with Gasteiger partial charge in [-0.15, -0.1) is 24.8 Å². The van der Waals surface area contributed by atoms with E-state index in [4.69, 9.17) is 0 Å². The maximum Gasteiger partial charge on any atom is 0.237 e. The lowest BCUT2D eigenvalue weighted by Gasteiger charge is -2.24. The summed E-state index contributed by atoms with van der Waals surface area (Å²) in [5, 5.41) is 6.68. The molecule has 1 heterocycles. The van der Waals surface area contributed by atoms with Crippen molar-refractivity contribution in [3.63, 3.8) is 0 Å². The standard InChI is InChI=1S/C20H31N3O.2ClH/c1-23(17-10-3-2-4-11-17)14-8-7-13-21-20(24)19-15-16-9-5-6-12-18(16)22-19;;/h2-4,10-11,16,18-19,22H,5-9,12-15H2,1H3,(H,21,24);2*1H. The number of benzene rings is 1. The van der Waals surface area contributed by atoms with Gasteiger partial charge in [0.15, 0.2) is 0 Å². The first-order chi connectivity index (χ1) is 11.7. The number of para-hydroxylation sites is 1. The number of fused-ring (bicyclic) bond motifs is 1. The highest BCUT2D eigenvalue weighted by atomic mass is 35.5. The molecule has 0 radical (unpaired) electrons. The lowest BCUT2D eigenvalue weighted by atomic mass is 9.85. The summed E-state index contributed by atoms with van der Waals surface area (Å²) in [5.74, 6) is 0.940. The summed E-state index contributed by atoms with van der Waals surface area (Å²) in [7, 11) is 2.12. The average molecular weight is 402 g/mol. The smallest absolute Gasteiger partial charge is 0.237 e. The number of nitrogens with one attached hydrogen (secondary N) is 2. The van der Waals surface area contributed by atoms with Crippen LogP contribution in [0.3, 0.4) is 0 Å². The van der Waals surface area contributed by atoms with Crippen LogP contribution in [0.15, 0.2) is 30.3 Å². The number of amides is 1. The largest absolute Gasteiger partial charge is 0.375 e. The molecular formula is C20H33Cl2N3O. The van der Waals surface area contributed by atoms with E-state index in [0.29, 0.717) is 6.04 Å². The van der Waals surface area contributed by atoms with E-state index in [0.717, 1.165) is 38.3 Å². The third-order valence-corrected chi connectivity index (χ3v) is 5.60. The molecule has 148 valence electrons. The molecule has 1 aromatic carbocycles. The van der Waals surface area contributed by atoms with Crippen molar-refractivity contribution in [3.8, 4) is 0 Å². The Labute approximate surface area is 170 Å². The number of halogens is 2. The average Bonchev–Trinajstić information content (AvgIpc) is 3.06. The lowest BCUT2D eigenvalue weighted by molar-refractivity contribution is -0.122. The van der Waals surface area contributed by atoms with Crippen LogP contribution in [0.5, 0.6) is 0 Å². The number of rotatable bonds is 7. The number of anilines is 1. The second kappa shape index (κ2) is 11.7. The topological polar surface area (TPSA) is 44.4 Å². The van der Waals surface area contributed by atoms with Crippen molar-refractivity contribution in [2.24, 2.45) is 5.92 Å². The second-order valence-electron chi connectivity index (χ2n) is 7.36. The monoisotopic (exact) mass is 401 g/mol. The first-order valence-corrected chi connectivity index (χ1v) is 9.54. The summed E-state index contributed by atoms with van der Waals surface area (Å²) in [6.07, 6.45) is 8.36. The fourth-order valence-corrected chi connectivity index (χ4v) is 4.14. The van der Waals surface area contributed by atoms with Crippen LogP contribution in [-0.2, 0) is 4.79 Å². The Balaban J connectivity index is 0.00000169. The SMILES string of the molecule is CN(CCCCNC(=O)C1CC2CCCCC2N1)c1ccccc1.Cl.Cl. The van der Waals surface area contributed by atoms with Crippen LogP contribution in [0.1, 0.15) is 44.9 Å². The molecule has 6 heteroatoms. The summed E-state index contributed by atoms with van der Waals surface area (Å²) in [5.41, 5.74) is 1.25. The van der Waals surface area contributed by atoms with Gasteiger partial charge in [-0.1, -0.05) is 31.0 Å². The summed E-state index contributed by atoms with van der Waals surface area (Å²) in [6, 6.07) is 11.1. The third-order valence-electron chi connectivity index (χ3n) is 5.60. The molecule has 1 aliphatic carbocycles. The first-order valence-electron chi connectivity index (χ1n) is 9.54. The molecule has 0 bridgehead atoms. The van der Waals surface area contributed by atoms with Gasteiger partial charge in [-0.05, 0) is 50.2 Å². The third kappa shape index (κ3) is 6.33. The van der Waals surface area contributed by atoms with Crippen LogP contribution in [-0.4, -0.2) is 38.1 Å². The van der Waals surface area contributed by atoms with Gasteiger partial charge in [-0.25, -0.2) is 0 Å². The van der Waals surface area contributed by atoms with E-state index in [-0.39, 0.29) is 36.8 Å². The molecule has 2 N–H and O–H groups in total. The van der Waals surface area contributed by atoms with Crippen molar-refractivity contribution in [2.75, 3.05) is 25.0 Å². The van der Waals surface area contributed by atoms with Crippen LogP contribution in [0.4, 0.5) is 5.69 Å². The Bertz CT molecular complexity index is 515. The Hall–Kier alpha value is -0.970. The minimum atomic E-state index is 0. The summed E-state index contributed by atoms with van der Waals surface area (Å²) >= 11 is 0. The summed E-state index contributed by atoms with van der Waals surface area (Å²) < 4.78 is 0. The number of hydrogen-bond donors (Lipinski definition) is 2. The minimum Gasteiger partial charge on any atom is -0.375 e. The quantitative estimate of drug-likeness (QED) is 0.683. The molecule has 0 aromatic heterocycles. The summed E-state index contributed by atoms with van der Waals surface area (Å²) in [6.45, 7) is 1.81. The van der Waals surface area contributed by atoms with Gasteiger partial charge in [0.2, 0.25) is 5.91 Å². The van der Waals surface area contributed by atoms with Gasteiger partial charge in [-0.3, -0.25) is 4.79 Å².